The molecule has 0 aromatic heterocycles. The monoisotopic (exact) mass is 269 g/mol. The van der Waals surface area contributed by atoms with Crippen LogP contribution in [0.4, 0.5) is 0 Å². The van der Waals surface area contributed by atoms with Gasteiger partial charge in [0.05, 0.1) is 0 Å². The maximum Gasteiger partial charge on any atom is 0.289 e. The lowest BCUT2D eigenvalue weighted by atomic mass is 10.1. The number of nitrogens with one attached hydrogen (secondary N) is 1. The standard InChI is InChI=1S/C14H27N3O2/c1-11(2)13(18)14(19)17(4)10-7-15-12-5-8-16(3)9-6-12/h11-12,15H,5-10H2,1-4H3. The minimum atomic E-state index is -0.375. The number of likely N-dealkylation sites (tertiary alicyclic amines) is 1. The summed E-state index contributed by atoms with van der Waals surface area (Å²) in [7, 11) is 3.83. The van der Waals surface area contributed by atoms with Crippen LogP contribution in [0, 0.1) is 5.92 Å². The summed E-state index contributed by atoms with van der Waals surface area (Å²) in [6.45, 7) is 7.10. The molecule has 1 aliphatic heterocycles. The Bertz CT molecular complexity index is 310. The fourth-order valence-electron chi connectivity index (χ4n) is 2.19. The summed E-state index contributed by atoms with van der Waals surface area (Å²) in [5, 5.41) is 3.46. The molecule has 0 atom stereocenters. The number of nitrogens with zero attached hydrogens (tertiary/aromatic N) is 2. The molecule has 0 saturated carbocycles. The summed E-state index contributed by atoms with van der Waals surface area (Å²) in [6.07, 6.45) is 2.30. The van der Waals surface area contributed by atoms with Gasteiger partial charge in [-0.15, -0.1) is 0 Å². The Morgan fingerprint density at radius 3 is 2.42 bits per heavy atom. The summed E-state index contributed by atoms with van der Waals surface area (Å²) in [4.78, 5) is 27.2. The van der Waals surface area contributed by atoms with Gasteiger partial charge in [0.1, 0.15) is 0 Å². The van der Waals surface area contributed by atoms with E-state index in [1.54, 1.807) is 20.9 Å². The first kappa shape index (κ1) is 16.1. The number of piperidine rings is 1. The van der Waals surface area contributed by atoms with Crippen LogP contribution in [0.3, 0.4) is 0 Å². The first-order valence-corrected chi connectivity index (χ1v) is 7.13. The smallest absolute Gasteiger partial charge is 0.289 e. The van der Waals surface area contributed by atoms with E-state index in [-0.39, 0.29) is 17.6 Å². The second-order valence-corrected chi connectivity index (χ2v) is 5.78. The molecule has 5 nitrogen and oxygen atoms in total. The molecule has 0 bridgehead atoms. The highest BCUT2D eigenvalue weighted by atomic mass is 16.2. The van der Waals surface area contributed by atoms with Crippen LogP contribution < -0.4 is 5.32 Å². The Balaban J connectivity index is 2.21. The zero-order valence-electron chi connectivity index (χ0n) is 12.6. The highest BCUT2D eigenvalue weighted by Gasteiger charge is 2.21. The van der Waals surface area contributed by atoms with E-state index in [9.17, 15) is 9.59 Å². The van der Waals surface area contributed by atoms with Crippen molar-refractivity contribution in [3.8, 4) is 0 Å². The van der Waals surface area contributed by atoms with Crippen molar-refractivity contribution in [2.75, 3.05) is 40.3 Å². The van der Waals surface area contributed by atoms with Crippen molar-refractivity contribution in [1.82, 2.24) is 15.1 Å². The lowest BCUT2D eigenvalue weighted by Gasteiger charge is -2.30. The van der Waals surface area contributed by atoms with Crippen molar-refractivity contribution < 1.29 is 9.59 Å². The Hall–Kier alpha value is -0.940. The van der Waals surface area contributed by atoms with Crippen molar-refractivity contribution in [1.29, 1.82) is 0 Å². The SMILES string of the molecule is CC(C)C(=O)C(=O)N(C)CCNC1CCN(C)CC1. The zero-order valence-corrected chi connectivity index (χ0v) is 12.6. The van der Waals surface area contributed by atoms with Crippen LogP contribution in [0.5, 0.6) is 0 Å². The Kier molecular flexibility index (Phi) is 6.45. The van der Waals surface area contributed by atoms with Gasteiger partial charge in [0, 0.05) is 32.1 Å². The summed E-state index contributed by atoms with van der Waals surface area (Å²) in [6, 6.07) is 0.542. The number of hydrogen-bond acceptors (Lipinski definition) is 4. The summed E-state index contributed by atoms with van der Waals surface area (Å²) in [5.74, 6) is -0.904. The van der Waals surface area contributed by atoms with Crippen LogP contribution in [0.1, 0.15) is 26.7 Å². The molecule has 1 aliphatic rings. The molecule has 0 spiro atoms. The van der Waals surface area contributed by atoms with Gasteiger partial charge in [-0.3, -0.25) is 9.59 Å². The molecule has 0 aromatic rings. The Morgan fingerprint density at radius 2 is 1.89 bits per heavy atom. The second-order valence-electron chi connectivity index (χ2n) is 5.78. The number of rotatable bonds is 6. The number of Topliss-reactive ketones (excluding diaryl/α,β-unsaturated/α-hetero) is 1. The zero-order chi connectivity index (χ0) is 14.4. The van der Waals surface area contributed by atoms with Crippen molar-refractivity contribution in [3.63, 3.8) is 0 Å². The lowest BCUT2D eigenvalue weighted by molar-refractivity contribution is -0.145. The van der Waals surface area contributed by atoms with E-state index in [1.807, 2.05) is 0 Å². The number of carbonyl (C=O) groups excluding carboxylic acids is 2. The molecule has 0 unspecified atom stereocenters. The van der Waals surface area contributed by atoms with E-state index in [0.29, 0.717) is 12.6 Å². The molecule has 0 aliphatic carbocycles. The Morgan fingerprint density at radius 1 is 1.32 bits per heavy atom. The quantitative estimate of drug-likeness (QED) is 0.707. The van der Waals surface area contributed by atoms with Crippen molar-refractivity contribution >= 4 is 11.7 Å². The summed E-state index contributed by atoms with van der Waals surface area (Å²) >= 11 is 0. The third kappa shape index (κ3) is 5.28. The largest absolute Gasteiger partial charge is 0.338 e. The van der Waals surface area contributed by atoms with Crippen molar-refractivity contribution in [3.05, 3.63) is 0 Å². The van der Waals surface area contributed by atoms with Gasteiger partial charge < -0.3 is 15.1 Å². The molecule has 1 saturated heterocycles. The number of ketones is 1. The average molecular weight is 269 g/mol. The second kappa shape index (κ2) is 7.60. The summed E-state index contributed by atoms with van der Waals surface area (Å²) in [5.41, 5.74) is 0. The average Bonchev–Trinajstić information content (AvgIpc) is 2.39. The maximum absolute atomic E-state index is 11.8. The van der Waals surface area contributed by atoms with Crippen LogP contribution >= 0.6 is 0 Å². The normalized spacial score (nSPS) is 17.7. The highest BCUT2D eigenvalue weighted by molar-refractivity contribution is 6.36. The van der Waals surface area contributed by atoms with Gasteiger partial charge in [-0.1, -0.05) is 13.8 Å². The van der Waals surface area contributed by atoms with Gasteiger partial charge in [0.25, 0.3) is 5.91 Å². The van der Waals surface area contributed by atoms with E-state index in [0.717, 1.165) is 32.5 Å². The van der Waals surface area contributed by atoms with Crippen molar-refractivity contribution in [2.45, 2.75) is 32.7 Å². The Labute approximate surface area is 116 Å². The predicted octanol–water partition coefficient (Wildman–Crippen LogP) is 0.354. The molecule has 1 amide bonds. The van der Waals surface area contributed by atoms with Gasteiger partial charge in [-0.2, -0.15) is 0 Å². The van der Waals surface area contributed by atoms with Gasteiger partial charge >= 0.3 is 0 Å². The molecule has 110 valence electrons. The molecular weight excluding hydrogens is 242 g/mol. The van der Waals surface area contributed by atoms with Crippen LogP contribution in [-0.4, -0.2) is 67.8 Å². The molecule has 1 fully saturated rings. The number of likely N-dealkylation sites (N-methyl/N-ethyl adjacent to an activating group) is 1. The fourth-order valence-corrected chi connectivity index (χ4v) is 2.19. The predicted molar refractivity (Wildman–Crippen MR) is 76.0 cm³/mol. The van der Waals surface area contributed by atoms with Crippen LogP contribution in [0.15, 0.2) is 0 Å². The molecule has 0 aromatic carbocycles. The molecule has 1 N–H and O–H groups in total. The number of carbonyl (C=O) groups is 2. The minimum Gasteiger partial charge on any atom is -0.338 e. The van der Waals surface area contributed by atoms with E-state index < -0.39 is 0 Å². The molecule has 1 heterocycles. The summed E-state index contributed by atoms with van der Waals surface area (Å²) < 4.78 is 0. The van der Waals surface area contributed by atoms with Crippen molar-refractivity contribution in [2.24, 2.45) is 5.92 Å². The number of hydrogen-bond donors (Lipinski definition) is 1. The topological polar surface area (TPSA) is 52.7 Å². The lowest BCUT2D eigenvalue weighted by Crippen LogP contribution is -2.45. The third-order valence-electron chi connectivity index (χ3n) is 3.68. The van der Waals surface area contributed by atoms with E-state index in [1.165, 1.54) is 4.90 Å². The molecular formula is C14H27N3O2. The first-order chi connectivity index (χ1) is 8.91. The van der Waals surface area contributed by atoms with Gasteiger partial charge in [-0.05, 0) is 33.0 Å². The first-order valence-electron chi connectivity index (χ1n) is 7.13. The van der Waals surface area contributed by atoms with Gasteiger partial charge in [-0.25, -0.2) is 0 Å². The van der Waals surface area contributed by atoms with Crippen LogP contribution in [0.2, 0.25) is 0 Å². The molecule has 5 heteroatoms. The highest BCUT2D eigenvalue weighted by Crippen LogP contribution is 2.07. The van der Waals surface area contributed by atoms with E-state index in [2.05, 4.69) is 17.3 Å². The number of amides is 1. The minimum absolute atomic E-state index is 0.225. The fraction of sp³-hybridized carbons (Fsp3) is 0.857. The molecule has 1 rings (SSSR count). The molecule has 0 radical (unpaired) electrons. The third-order valence-corrected chi connectivity index (χ3v) is 3.68. The van der Waals surface area contributed by atoms with E-state index in [4.69, 9.17) is 0 Å². The van der Waals surface area contributed by atoms with Crippen LogP contribution in [-0.2, 0) is 9.59 Å². The van der Waals surface area contributed by atoms with Gasteiger partial charge in [0.2, 0.25) is 5.78 Å². The maximum atomic E-state index is 11.8. The van der Waals surface area contributed by atoms with Gasteiger partial charge in [0.15, 0.2) is 0 Å². The van der Waals surface area contributed by atoms with Crippen LogP contribution in [0.25, 0.3) is 0 Å². The van der Waals surface area contributed by atoms with E-state index >= 15 is 0 Å². The molecule has 19 heavy (non-hydrogen) atoms.